The fourth-order valence-corrected chi connectivity index (χ4v) is 3.53. The number of carbonyl (C=O) groups is 2. The zero-order chi connectivity index (χ0) is 19.6. The molecule has 0 saturated carbocycles. The van der Waals surface area contributed by atoms with E-state index in [0.717, 1.165) is 35.6 Å². The van der Waals surface area contributed by atoms with Crippen molar-refractivity contribution in [3.05, 3.63) is 41.2 Å². The lowest BCUT2D eigenvalue weighted by Gasteiger charge is -2.19. The highest BCUT2D eigenvalue weighted by Crippen LogP contribution is 2.27. The van der Waals surface area contributed by atoms with Gasteiger partial charge in [-0.15, -0.1) is 0 Å². The van der Waals surface area contributed by atoms with Gasteiger partial charge in [-0.05, 0) is 63.9 Å². The molecule has 1 aromatic carbocycles. The maximum atomic E-state index is 12.2. The Bertz CT molecular complexity index is 858. The summed E-state index contributed by atoms with van der Waals surface area (Å²) in [5, 5.41) is 10.2. The summed E-state index contributed by atoms with van der Waals surface area (Å²) < 4.78 is 1.92. The molecular formula is C20H27N5O2. The molecule has 7 heteroatoms. The van der Waals surface area contributed by atoms with E-state index in [-0.39, 0.29) is 18.0 Å². The minimum absolute atomic E-state index is 0.0646. The molecular weight excluding hydrogens is 342 g/mol. The number of nitrogens with zero attached hydrogens (tertiary/aromatic N) is 3. The highest BCUT2D eigenvalue weighted by atomic mass is 16.2. The summed E-state index contributed by atoms with van der Waals surface area (Å²) >= 11 is 0. The predicted octanol–water partition coefficient (Wildman–Crippen LogP) is 3.32. The lowest BCUT2D eigenvalue weighted by atomic mass is 10.1. The van der Waals surface area contributed by atoms with Crippen molar-refractivity contribution in [2.75, 3.05) is 23.3 Å². The number of nitrogens with one attached hydrogen (secondary N) is 2. The van der Waals surface area contributed by atoms with Crippen LogP contribution in [-0.2, 0) is 4.79 Å². The van der Waals surface area contributed by atoms with E-state index in [9.17, 15) is 9.59 Å². The van der Waals surface area contributed by atoms with Crippen molar-refractivity contribution in [2.24, 2.45) is 0 Å². The number of benzene rings is 1. The second-order valence-electron chi connectivity index (χ2n) is 7.21. The zero-order valence-corrected chi connectivity index (χ0v) is 16.4. The van der Waals surface area contributed by atoms with Crippen LogP contribution in [0.1, 0.15) is 42.8 Å². The molecule has 1 aromatic heterocycles. The van der Waals surface area contributed by atoms with E-state index in [1.807, 2.05) is 61.5 Å². The van der Waals surface area contributed by atoms with Crippen LogP contribution in [0.2, 0.25) is 0 Å². The topological polar surface area (TPSA) is 79.3 Å². The Morgan fingerprint density at radius 2 is 2.04 bits per heavy atom. The van der Waals surface area contributed by atoms with Crippen LogP contribution in [0.3, 0.4) is 0 Å². The molecule has 1 aliphatic heterocycles. The molecule has 0 aliphatic carbocycles. The van der Waals surface area contributed by atoms with Crippen molar-refractivity contribution in [2.45, 2.75) is 46.6 Å². The quantitative estimate of drug-likeness (QED) is 0.848. The number of aryl methyl sites for hydroxylation is 3. The van der Waals surface area contributed by atoms with Gasteiger partial charge in [0.05, 0.1) is 11.7 Å². The normalized spacial score (nSPS) is 15.1. The molecule has 2 aromatic rings. The highest BCUT2D eigenvalue weighted by Gasteiger charge is 2.23. The van der Waals surface area contributed by atoms with E-state index >= 15 is 0 Å². The number of aromatic nitrogens is 2. The Morgan fingerprint density at radius 1 is 1.26 bits per heavy atom. The molecule has 2 heterocycles. The second-order valence-corrected chi connectivity index (χ2v) is 7.21. The third-order valence-corrected chi connectivity index (χ3v) is 4.84. The molecule has 1 fully saturated rings. The first-order chi connectivity index (χ1) is 12.8. The van der Waals surface area contributed by atoms with Crippen LogP contribution in [0.15, 0.2) is 24.3 Å². The molecule has 1 saturated heterocycles. The molecule has 27 heavy (non-hydrogen) atoms. The third kappa shape index (κ3) is 4.30. The van der Waals surface area contributed by atoms with Crippen LogP contribution in [0.5, 0.6) is 0 Å². The van der Waals surface area contributed by atoms with Gasteiger partial charge in [0.15, 0.2) is 0 Å². The van der Waals surface area contributed by atoms with Crippen molar-refractivity contribution in [1.29, 1.82) is 0 Å². The molecule has 2 N–H and O–H groups in total. The largest absolute Gasteiger partial charge is 0.336 e. The fourth-order valence-electron chi connectivity index (χ4n) is 3.53. The predicted molar refractivity (Wildman–Crippen MR) is 106 cm³/mol. The first-order valence-corrected chi connectivity index (χ1v) is 9.34. The van der Waals surface area contributed by atoms with Crippen LogP contribution < -0.4 is 15.5 Å². The van der Waals surface area contributed by atoms with Gasteiger partial charge in [-0.25, -0.2) is 4.79 Å². The van der Waals surface area contributed by atoms with Crippen LogP contribution in [-0.4, -0.2) is 34.8 Å². The number of carbonyl (C=O) groups excluding carboxylic acids is 2. The number of rotatable bonds is 5. The van der Waals surface area contributed by atoms with E-state index in [0.29, 0.717) is 18.7 Å². The summed E-state index contributed by atoms with van der Waals surface area (Å²) in [6.45, 7) is 9.18. The third-order valence-electron chi connectivity index (χ3n) is 4.84. The second kappa shape index (κ2) is 7.82. The molecule has 144 valence electrons. The average molecular weight is 369 g/mol. The summed E-state index contributed by atoms with van der Waals surface area (Å²) in [6.07, 6.45) is 1.50. The minimum atomic E-state index is -0.257. The van der Waals surface area contributed by atoms with Crippen molar-refractivity contribution in [3.8, 4) is 0 Å². The number of urea groups is 1. The lowest BCUT2D eigenvalue weighted by Crippen LogP contribution is -2.33. The number of amides is 3. The molecule has 0 unspecified atom stereocenters. The molecule has 7 nitrogen and oxygen atoms in total. The molecule has 1 atom stereocenters. The Balaban J connectivity index is 1.57. The van der Waals surface area contributed by atoms with Gasteiger partial charge in [0.2, 0.25) is 5.91 Å². The number of anilines is 2. The fraction of sp³-hybridized carbons (Fsp3) is 0.450. The summed E-state index contributed by atoms with van der Waals surface area (Å²) in [4.78, 5) is 26.0. The van der Waals surface area contributed by atoms with Crippen molar-refractivity contribution in [1.82, 2.24) is 15.1 Å². The first-order valence-electron chi connectivity index (χ1n) is 9.34. The Hall–Kier alpha value is -2.83. The monoisotopic (exact) mass is 369 g/mol. The Labute approximate surface area is 159 Å². The summed E-state index contributed by atoms with van der Waals surface area (Å²) in [5.74, 6) is 0.162. The zero-order valence-electron chi connectivity index (χ0n) is 16.4. The van der Waals surface area contributed by atoms with Crippen molar-refractivity contribution >= 4 is 23.3 Å². The van der Waals surface area contributed by atoms with Gasteiger partial charge in [-0.2, -0.15) is 5.10 Å². The maximum Gasteiger partial charge on any atom is 0.319 e. The van der Waals surface area contributed by atoms with Crippen LogP contribution in [0.25, 0.3) is 0 Å². The van der Waals surface area contributed by atoms with Gasteiger partial charge in [0, 0.05) is 36.6 Å². The van der Waals surface area contributed by atoms with Gasteiger partial charge in [-0.3, -0.25) is 9.48 Å². The van der Waals surface area contributed by atoms with E-state index < -0.39 is 0 Å². The maximum absolute atomic E-state index is 12.2. The SMILES string of the molecule is Cc1cc(C)n([C@H](C)CNC(=O)Nc2ccc(N3CCCC3=O)c(C)c2)n1. The Kier molecular flexibility index (Phi) is 5.48. The molecule has 0 bridgehead atoms. The Morgan fingerprint density at radius 3 is 2.63 bits per heavy atom. The standard InChI is InChI=1S/C20H27N5O2/c1-13-10-17(7-8-18(13)24-9-5-6-19(24)26)22-20(27)21-12-16(4)25-15(3)11-14(2)23-25/h7-8,10-11,16H,5-6,9,12H2,1-4H3,(H2,21,22,27)/t16-/m1/s1. The van der Waals surface area contributed by atoms with E-state index in [1.165, 1.54) is 0 Å². The van der Waals surface area contributed by atoms with E-state index in [2.05, 4.69) is 15.7 Å². The van der Waals surface area contributed by atoms with E-state index in [4.69, 9.17) is 0 Å². The number of hydrogen-bond acceptors (Lipinski definition) is 3. The molecule has 3 rings (SSSR count). The number of hydrogen-bond donors (Lipinski definition) is 2. The summed E-state index contributed by atoms with van der Waals surface area (Å²) in [6, 6.07) is 7.45. The lowest BCUT2D eigenvalue weighted by molar-refractivity contribution is -0.117. The van der Waals surface area contributed by atoms with E-state index in [1.54, 1.807) is 0 Å². The highest BCUT2D eigenvalue weighted by molar-refractivity contribution is 5.96. The molecule has 3 amide bonds. The molecule has 0 radical (unpaired) electrons. The summed E-state index contributed by atoms with van der Waals surface area (Å²) in [5.41, 5.74) is 4.64. The van der Waals surface area contributed by atoms with Gasteiger partial charge in [-0.1, -0.05) is 0 Å². The van der Waals surface area contributed by atoms with Gasteiger partial charge >= 0.3 is 6.03 Å². The van der Waals surface area contributed by atoms with Crippen LogP contribution in [0.4, 0.5) is 16.2 Å². The molecule has 0 spiro atoms. The van der Waals surface area contributed by atoms with Gasteiger partial charge in [0.1, 0.15) is 0 Å². The van der Waals surface area contributed by atoms with Gasteiger partial charge < -0.3 is 15.5 Å². The first kappa shape index (κ1) is 18.9. The summed E-state index contributed by atoms with van der Waals surface area (Å²) in [7, 11) is 0. The smallest absolute Gasteiger partial charge is 0.319 e. The van der Waals surface area contributed by atoms with Crippen LogP contribution >= 0.6 is 0 Å². The average Bonchev–Trinajstić information content (AvgIpc) is 3.18. The van der Waals surface area contributed by atoms with Crippen molar-refractivity contribution in [3.63, 3.8) is 0 Å². The van der Waals surface area contributed by atoms with Gasteiger partial charge in [0.25, 0.3) is 0 Å². The molecule has 1 aliphatic rings. The minimum Gasteiger partial charge on any atom is -0.336 e. The van der Waals surface area contributed by atoms with Crippen LogP contribution in [0, 0.1) is 20.8 Å². The van der Waals surface area contributed by atoms with Crippen molar-refractivity contribution < 1.29 is 9.59 Å².